The maximum absolute atomic E-state index is 13.3. The molecule has 2 heterocycles. The lowest BCUT2D eigenvalue weighted by Crippen LogP contribution is -2.41. The third-order valence-corrected chi connectivity index (χ3v) is 6.51. The highest BCUT2D eigenvalue weighted by molar-refractivity contribution is 6.01. The summed E-state index contributed by atoms with van der Waals surface area (Å²) in [6.07, 6.45) is 3.93. The highest BCUT2D eigenvalue weighted by Gasteiger charge is 2.25. The lowest BCUT2D eigenvalue weighted by atomic mass is 10.0. The molecule has 34 heavy (non-hydrogen) atoms. The van der Waals surface area contributed by atoms with E-state index in [4.69, 9.17) is 4.74 Å². The molecule has 0 aliphatic carbocycles. The Labute approximate surface area is 199 Å². The molecular weight excluding hydrogens is 430 g/mol. The third kappa shape index (κ3) is 5.14. The van der Waals surface area contributed by atoms with Gasteiger partial charge in [0.15, 0.2) is 0 Å². The highest BCUT2D eigenvalue weighted by atomic mass is 16.6. The van der Waals surface area contributed by atoms with E-state index in [0.29, 0.717) is 56.5 Å². The normalized spacial score (nSPS) is 14.2. The van der Waals surface area contributed by atoms with Gasteiger partial charge in [-0.2, -0.15) is 0 Å². The average molecular weight is 462 g/mol. The second-order valence-electron chi connectivity index (χ2n) is 8.69. The van der Waals surface area contributed by atoms with Crippen LogP contribution in [0.2, 0.25) is 0 Å². The van der Waals surface area contributed by atoms with Crippen LogP contribution in [-0.4, -0.2) is 41.2 Å². The van der Waals surface area contributed by atoms with E-state index in [0.717, 1.165) is 10.9 Å². The summed E-state index contributed by atoms with van der Waals surface area (Å²) in [6, 6.07) is 15.4. The van der Waals surface area contributed by atoms with Gasteiger partial charge in [-0.05, 0) is 62.4 Å². The van der Waals surface area contributed by atoms with Crippen LogP contribution < -0.4 is 10.9 Å². The lowest BCUT2D eigenvalue weighted by molar-refractivity contribution is -0.116. The number of benzene rings is 2. The van der Waals surface area contributed by atoms with Crippen LogP contribution in [0, 0.1) is 6.92 Å². The summed E-state index contributed by atoms with van der Waals surface area (Å²) in [5, 5.41) is 4.30. The predicted octanol–water partition coefficient (Wildman–Crippen LogP) is 4.67. The van der Waals surface area contributed by atoms with Gasteiger partial charge >= 0.3 is 6.09 Å². The van der Waals surface area contributed by atoms with Crippen LogP contribution in [-0.2, 0) is 16.0 Å². The smallest absolute Gasteiger partial charge is 0.409 e. The predicted molar refractivity (Wildman–Crippen MR) is 133 cm³/mol. The number of carbonyl (C=O) groups is 2. The zero-order valence-corrected chi connectivity index (χ0v) is 19.8. The number of nitrogens with zero attached hydrogens (tertiary/aromatic N) is 2. The fourth-order valence-corrected chi connectivity index (χ4v) is 4.58. The van der Waals surface area contributed by atoms with E-state index in [1.165, 1.54) is 5.56 Å². The Balaban J connectivity index is 1.46. The number of pyridine rings is 1. The van der Waals surface area contributed by atoms with Gasteiger partial charge in [-0.15, -0.1) is 0 Å². The van der Waals surface area contributed by atoms with Crippen molar-refractivity contribution >= 4 is 28.5 Å². The Morgan fingerprint density at radius 2 is 1.79 bits per heavy atom. The van der Waals surface area contributed by atoms with E-state index >= 15 is 0 Å². The first-order valence-electron chi connectivity index (χ1n) is 11.9. The molecule has 1 aliphatic rings. The molecule has 7 heteroatoms. The molecule has 0 bridgehead atoms. The van der Waals surface area contributed by atoms with E-state index in [2.05, 4.69) is 5.32 Å². The number of piperidine rings is 1. The maximum atomic E-state index is 13.3. The maximum Gasteiger partial charge on any atom is 0.409 e. The Bertz CT molecular complexity index is 1240. The first kappa shape index (κ1) is 23.5. The van der Waals surface area contributed by atoms with Crippen molar-refractivity contribution in [1.82, 2.24) is 9.47 Å². The largest absolute Gasteiger partial charge is 0.450 e. The van der Waals surface area contributed by atoms with E-state index in [1.54, 1.807) is 34.7 Å². The van der Waals surface area contributed by atoms with Gasteiger partial charge in [0, 0.05) is 48.2 Å². The zero-order chi connectivity index (χ0) is 24.1. The van der Waals surface area contributed by atoms with Crippen molar-refractivity contribution in [3.63, 3.8) is 0 Å². The number of ether oxygens (including phenoxy) is 1. The standard InChI is InChI=1S/C27H31N3O4/c1-3-34-27(33)29-16-13-21(14-17-29)30-18-15-22-23(26(30)32)9-6-10-24(22)28-25(31)12-11-20-8-5-4-7-19(20)2/h4-10,15,18,21H,3,11-14,16-17H2,1-2H3,(H,28,31). The number of fused-ring (bicyclic) bond motifs is 1. The molecule has 0 unspecified atom stereocenters. The summed E-state index contributed by atoms with van der Waals surface area (Å²) in [4.78, 5) is 39.6. The fraction of sp³-hybridized carbons (Fsp3) is 0.370. The number of aromatic nitrogens is 1. The lowest BCUT2D eigenvalue weighted by Gasteiger charge is -2.32. The molecule has 1 fully saturated rings. The number of carbonyl (C=O) groups excluding carboxylic acids is 2. The second-order valence-corrected chi connectivity index (χ2v) is 8.69. The summed E-state index contributed by atoms with van der Waals surface area (Å²) in [7, 11) is 0. The van der Waals surface area contributed by atoms with Gasteiger partial charge in [-0.1, -0.05) is 30.3 Å². The van der Waals surface area contributed by atoms with Crippen molar-refractivity contribution in [2.75, 3.05) is 25.0 Å². The van der Waals surface area contributed by atoms with Crippen LogP contribution in [0.1, 0.15) is 43.4 Å². The molecule has 0 spiro atoms. The number of nitrogens with one attached hydrogen (secondary N) is 1. The van der Waals surface area contributed by atoms with E-state index in [9.17, 15) is 14.4 Å². The van der Waals surface area contributed by atoms with Crippen LogP contribution in [0.5, 0.6) is 0 Å². The number of amides is 2. The monoisotopic (exact) mass is 461 g/mol. The van der Waals surface area contributed by atoms with E-state index < -0.39 is 0 Å². The number of rotatable bonds is 6. The number of aryl methyl sites for hydroxylation is 2. The quantitative estimate of drug-likeness (QED) is 0.578. The van der Waals surface area contributed by atoms with Crippen molar-refractivity contribution in [3.8, 4) is 0 Å². The fourth-order valence-electron chi connectivity index (χ4n) is 4.58. The van der Waals surface area contributed by atoms with Gasteiger partial charge in [0.25, 0.3) is 5.56 Å². The molecule has 2 amide bonds. The molecule has 178 valence electrons. The molecule has 1 aromatic heterocycles. The van der Waals surface area contributed by atoms with Crippen molar-refractivity contribution in [2.45, 2.75) is 45.6 Å². The summed E-state index contributed by atoms with van der Waals surface area (Å²) >= 11 is 0. The number of hydrogen-bond donors (Lipinski definition) is 1. The van der Waals surface area contributed by atoms with Crippen molar-refractivity contribution < 1.29 is 14.3 Å². The molecule has 1 aliphatic heterocycles. The van der Waals surface area contributed by atoms with Gasteiger partial charge in [-0.3, -0.25) is 9.59 Å². The van der Waals surface area contributed by atoms with Crippen LogP contribution >= 0.6 is 0 Å². The molecule has 2 aromatic carbocycles. The van der Waals surface area contributed by atoms with E-state index in [1.807, 2.05) is 43.3 Å². The summed E-state index contributed by atoms with van der Waals surface area (Å²) in [6.45, 7) is 5.31. The topological polar surface area (TPSA) is 80.6 Å². The van der Waals surface area contributed by atoms with Gasteiger partial charge in [0.05, 0.1) is 6.61 Å². The minimum Gasteiger partial charge on any atom is -0.450 e. The zero-order valence-electron chi connectivity index (χ0n) is 19.8. The van der Waals surface area contributed by atoms with Crippen LogP contribution in [0.25, 0.3) is 10.8 Å². The van der Waals surface area contributed by atoms with Gasteiger partial charge in [0.2, 0.25) is 5.91 Å². The minimum atomic E-state index is -0.297. The number of likely N-dealkylation sites (tertiary alicyclic amines) is 1. The van der Waals surface area contributed by atoms with E-state index in [-0.39, 0.29) is 23.6 Å². The third-order valence-electron chi connectivity index (χ3n) is 6.51. The Kier molecular flexibility index (Phi) is 7.30. The van der Waals surface area contributed by atoms with Gasteiger partial charge < -0.3 is 19.5 Å². The molecule has 0 saturated carbocycles. The van der Waals surface area contributed by atoms with Gasteiger partial charge in [-0.25, -0.2) is 4.79 Å². The molecule has 1 saturated heterocycles. The van der Waals surface area contributed by atoms with Crippen LogP contribution in [0.4, 0.5) is 10.5 Å². The molecule has 7 nitrogen and oxygen atoms in total. The van der Waals surface area contributed by atoms with Crippen molar-refractivity contribution in [3.05, 3.63) is 76.2 Å². The molecule has 3 aromatic rings. The number of hydrogen-bond acceptors (Lipinski definition) is 4. The average Bonchev–Trinajstić information content (AvgIpc) is 2.84. The van der Waals surface area contributed by atoms with Crippen LogP contribution in [0.15, 0.2) is 59.5 Å². The molecule has 0 atom stereocenters. The Morgan fingerprint density at radius 3 is 2.53 bits per heavy atom. The first-order chi connectivity index (χ1) is 16.5. The molecule has 4 rings (SSSR count). The van der Waals surface area contributed by atoms with Crippen LogP contribution in [0.3, 0.4) is 0 Å². The molecule has 0 radical (unpaired) electrons. The summed E-state index contributed by atoms with van der Waals surface area (Å²) in [5.41, 5.74) is 2.90. The SMILES string of the molecule is CCOC(=O)N1CCC(n2ccc3c(NC(=O)CCc4ccccc4C)cccc3c2=O)CC1. The van der Waals surface area contributed by atoms with Crippen molar-refractivity contribution in [2.24, 2.45) is 0 Å². The number of anilines is 1. The van der Waals surface area contributed by atoms with Crippen molar-refractivity contribution in [1.29, 1.82) is 0 Å². The molecule has 1 N–H and O–H groups in total. The summed E-state index contributed by atoms with van der Waals surface area (Å²) < 4.78 is 6.84. The first-order valence-corrected chi connectivity index (χ1v) is 11.9. The minimum absolute atomic E-state index is 0.0231. The highest BCUT2D eigenvalue weighted by Crippen LogP contribution is 2.25. The Hall–Kier alpha value is -3.61. The molecular formula is C27H31N3O4. The summed E-state index contributed by atoms with van der Waals surface area (Å²) in [5.74, 6) is -0.0775. The van der Waals surface area contributed by atoms with Gasteiger partial charge in [0.1, 0.15) is 0 Å². The Morgan fingerprint density at radius 1 is 1.03 bits per heavy atom. The second kappa shape index (κ2) is 10.5.